The Labute approximate surface area is 193 Å². The lowest BCUT2D eigenvalue weighted by molar-refractivity contribution is 0.0913. The summed E-state index contributed by atoms with van der Waals surface area (Å²) in [6.45, 7) is 4.93. The van der Waals surface area contributed by atoms with E-state index in [-0.39, 0.29) is 17.8 Å². The minimum Gasteiger partial charge on any atom is -0.348 e. The van der Waals surface area contributed by atoms with E-state index in [0.717, 1.165) is 51.1 Å². The number of hydrogen-bond donors (Lipinski definition) is 2. The smallest absolute Gasteiger partial charge is 0.272 e. The predicted molar refractivity (Wildman–Crippen MR) is 126 cm³/mol. The molecular weight excluding hydrogens is 419 g/mol. The van der Waals surface area contributed by atoms with E-state index in [1.165, 1.54) is 25.3 Å². The fraction of sp³-hybridized carbons (Fsp3) is 0.480. The van der Waals surface area contributed by atoms with Crippen molar-refractivity contribution in [2.75, 3.05) is 33.2 Å². The average Bonchev–Trinajstić information content (AvgIpc) is 3.23. The number of nitrogens with zero attached hydrogens (tertiary/aromatic N) is 4. The number of piperidine rings is 2. The molecule has 1 aromatic carbocycles. The lowest BCUT2D eigenvalue weighted by Crippen LogP contribution is -2.43. The third-order valence-corrected chi connectivity index (χ3v) is 6.88. The molecule has 0 unspecified atom stereocenters. The standard InChI is InChI=1S/C25H31FN6O/c1-31-9-5-19(6-10-31)28-25(33)24-21-12-20(22(26)13-23(21)29-30-24)18-11-17(14-27-15-18)16-32-7-3-2-4-8-32/h11-15,19H,2-10,16H2,1H3,(H,28,33)(H,29,30). The molecule has 0 saturated carbocycles. The number of fused-ring (bicyclic) bond motifs is 1. The number of likely N-dealkylation sites (tertiary alicyclic amines) is 2. The third kappa shape index (κ3) is 4.91. The zero-order valence-corrected chi connectivity index (χ0v) is 19.1. The number of hydrogen-bond acceptors (Lipinski definition) is 5. The molecular formula is C25H31FN6O. The molecule has 4 heterocycles. The lowest BCUT2D eigenvalue weighted by atomic mass is 10.0. The van der Waals surface area contributed by atoms with Crippen LogP contribution in [0.1, 0.15) is 48.2 Å². The number of benzene rings is 1. The van der Waals surface area contributed by atoms with Crippen LogP contribution < -0.4 is 5.32 Å². The molecule has 8 heteroatoms. The van der Waals surface area contributed by atoms with E-state index in [1.54, 1.807) is 12.3 Å². The van der Waals surface area contributed by atoms with Gasteiger partial charge < -0.3 is 10.2 Å². The van der Waals surface area contributed by atoms with Crippen LogP contribution in [0.4, 0.5) is 4.39 Å². The molecule has 7 nitrogen and oxygen atoms in total. The van der Waals surface area contributed by atoms with Gasteiger partial charge in [-0.25, -0.2) is 4.39 Å². The fourth-order valence-electron chi connectivity index (χ4n) is 4.94. The molecule has 2 aliphatic heterocycles. The number of carbonyl (C=O) groups is 1. The monoisotopic (exact) mass is 450 g/mol. The fourth-order valence-corrected chi connectivity index (χ4v) is 4.94. The summed E-state index contributed by atoms with van der Waals surface area (Å²) in [6, 6.07) is 5.28. The van der Waals surface area contributed by atoms with Crippen molar-refractivity contribution in [1.82, 2.24) is 30.3 Å². The maximum Gasteiger partial charge on any atom is 0.272 e. The summed E-state index contributed by atoms with van der Waals surface area (Å²) >= 11 is 0. The molecule has 2 fully saturated rings. The van der Waals surface area contributed by atoms with E-state index in [9.17, 15) is 4.79 Å². The summed E-state index contributed by atoms with van der Waals surface area (Å²) in [5, 5.41) is 10.8. The quantitative estimate of drug-likeness (QED) is 0.621. The number of nitrogens with one attached hydrogen (secondary N) is 2. The number of carbonyl (C=O) groups excluding carboxylic acids is 1. The van der Waals surface area contributed by atoms with Crippen molar-refractivity contribution in [3.05, 3.63) is 47.7 Å². The van der Waals surface area contributed by atoms with Gasteiger partial charge in [0.2, 0.25) is 0 Å². The Morgan fingerprint density at radius 1 is 1.12 bits per heavy atom. The van der Waals surface area contributed by atoms with Crippen molar-refractivity contribution in [1.29, 1.82) is 0 Å². The largest absolute Gasteiger partial charge is 0.348 e. The van der Waals surface area contributed by atoms with E-state index < -0.39 is 0 Å². The number of amides is 1. The first-order valence-electron chi connectivity index (χ1n) is 11.9. The Hall–Kier alpha value is -2.84. The van der Waals surface area contributed by atoms with Crippen molar-refractivity contribution >= 4 is 16.8 Å². The second-order valence-electron chi connectivity index (χ2n) is 9.42. The van der Waals surface area contributed by atoms with E-state index >= 15 is 4.39 Å². The first kappa shape index (κ1) is 22.0. The van der Waals surface area contributed by atoms with E-state index in [4.69, 9.17) is 0 Å². The van der Waals surface area contributed by atoms with Crippen molar-refractivity contribution < 1.29 is 9.18 Å². The van der Waals surface area contributed by atoms with Gasteiger partial charge in [0.05, 0.1) is 5.52 Å². The second-order valence-corrected chi connectivity index (χ2v) is 9.42. The molecule has 0 atom stereocenters. The SMILES string of the molecule is CN1CCC(NC(=O)c2n[nH]c3cc(F)c(-c4cncc(CN5CCCCC5)c4)cc23)CC1. The van der Waals surface area contributed by atoms with Gasteiger partial charge >= 0.3 is 0 Å². The zero-order valence-electron chi connectivity index (χ0n) is 19.1. The number of rotatable bonds is 5. The number of pyridine rings is 1. The first-order chi connectivity index (χ1) is 16.1. The van der Waals surface area contributed by atoms with Crippen LogP contribution in [0.25, 0.3) is 22.0 Å². The molecule has 2 saturated heterocycles. The topological polar surface area (TPSA) is 77.1 Å². The molecule has 2 aliphatic rings. The molecule has 2 aromatic heterocycles. The van der Waals surface area contributed by atoms with Crippen molar-refractivity contribution in [3.8, 4) is 11.1 Å². The summed E-state index contributed by atoms with van der Waals surface area (Å²) in [5.74, 6) is -0.573. The molecule has 33 heavy (non-hydrogen) atoms. The summed E-state index contributed by atoms with van der Waals surface area (Å²) in [4.78, 5) is 22.0. The Morgan fingerprint density at radius 2 is 1.91 bits per heavy atom. The predicted octanol–water partition coefficient (Wildman–Crippen LogP) is 3.57. The van der Waals surface area contributed by atoms with Crippen molar-refractivity contribution in [2.24, 2.45) is 0 Å². The van der Waals surface area contributed by atoms with Gasteiger partial charge in [-0.05, 0) is 76.6 Å². The molecule has 0 aliphatic carbocycles. The van der Waals surface area contributed by atoms with Gasteiger partial charge in [0.25, 0.3) is 5.91 Å². The van der Waals surface area contributed by atoms with Crippen LogP contribution in [-0.2, 0) is 6.54 Å². The number of aromatic nitrogens is 3. The molecule has 0 radical (unpaired) electrons. The lowest BCUT2D eigenvalue weighted by Gasteiger charge is -2.29. The second kappa shape index (κ2) is 9.57. The van der Waals surface area contributed by atoms with Crippen LogP contribution in [0, 0.1) is 5.82 Å². The number of halogens is 1. The summed E-state index contributed by atoms with van der Waals surface area (Å²) < 4.78 is 15.0. The van der Waals surface area contributed by atoms with E-state index in [0.29, 0.717) is 27.7 Å². The molecule has 1 amide bonds. The molecule has 174 valence electrons. The van der Waals surface area contributed by atoms with Crippen LogP contribution in [0.5, 0.6) is 0 Å². The molecule has 5 rings (SSSR count). The third-order valence-electron chi connectivity index (χ3n) is 6.88. The van der Waals surface area contributed by atoms with Gasteiger partial charge in [-0.3, -0.25) is 19.8 Å². The van der Waals surface area contributed by atoms with Crippen molar-refractivity contribution in [3.63, 3.8) is 0 Å². The summed E-state index contributed by atoms with van der Waals surface area (Å²) in [5.41, 5.74) is 3.04. The van der Waals surface area contributed by atoms with Gasteiger partial charge in [-0.2, -0.15) is 5.10 Å². The van der Waals surface area contributed by atoms with Crippen molar-refractivity contribution in [2.45, 2.75) is 44.7 Å². The van der Waals surface area contributed by atoms with Crippen LogP contribution >= 0.6 is 0 Å². The molecule has 2 N–H and O–H groups in total. The minimum absolute atomic E-state index is 0.135. The molecule has 0 bridgehead atoms. The molecule has 0 spiro atoms. The summed E-state index contributed by atoms with van der Waals surface area (Å²) in [7, 11) is 2.09. The number of H-pyrrole nitrogens is 1. The Bertz CT molecular complexity index is 1130. The van der Waals surface area contributed by atoms with Crippen LogP contribution in [-0.4, -0.2) is 70.2 Å². The molecule has 3 aromatic rings. The normalized spacial score (nSPS) is 18.6. The average molecular weight is 451 g/mol. The minimum atomic E-state index is -0.356. The maximum absolute atomic E-state index is 15.0. The van der Waals surface area contributed by atoms with Gasteiger partial charge in [0.15, 0.2) is 5.69 Å². The zero-order chi connectivity index (χ0) is 22.8. The van der Waals surface area contributed by atoms with Gasteiger partial charge in [0, 0.05) is 47.6 Å². The maximum atomic E-state index is 15.0. The van der Waals surface area contributed by atoms with Gasteiger partial charge in [-0.15, -0.1) is 0 Å². The van der Waals surface area contributed by atoms with Crippen LogP contribution in [0.2, 0.25) is 0 Å². The highest BCUT2D eigenvalue weighted by molar-refractivity contribution is 6.05. The van der Waals surface area contributed by atoms with E-state index in [1.807, 2.05) is 12.3 Å². The Kier molecular flexibility index (Phi) is 6.37. The van der Waals surface area contributed by atoms with Crippen LogP contribution in [0.15, 0.2) is 30.6 Å². The highest BCUT2D eigenvalue weighted by Crippen LogP contribution is 2.29. The van der Waals surface area contributed by atoms with Gasteiger partial charge in [-0.1, -0.05) is 6.42 Å². The Balaban J connectivity index is 1.39. The van der Waals surface area contributed by atoms with E-state index in [2.05, 4.69) is 37.3 Å². The Morgan fingerprint density at radius 3 is 2.70 bits per heavy atom. The van der Waals surface area contributed by atoms with Crippen LogP contribution in [0.3, 0.4) is 0 Å². The highest BCUT2D eigenvalue weighted by Gasteiger charge is 2.23. The highest BCUT2D eigenvalue weighted by atomic mass is 19.1. The first-order valence-corrected chi connectivity index (χ1v) is 11.9. The summed E-state index contributed by atoms with van der Waals surface area (Å²) in [6.07, 6.45) is 9.11. The van der Waals surface area contributed by atoms with Gasteiger partial charge in [0.1, 0.15) is 5.82 Å². The number of aromatic amines is 1.